The number of benzene rings is 1. The van der Waals surface area contributed by atoms with Gasteiger partial charge >= 0.3 is 169 Å². The Kier molecular flexibility index (Phi) is 9.07. The monoisotopic (exact) mass is 477 g/mol. The summed E-state index contributed by atoms with van der Waals surface area (Å²) in [4.78, 5) is 16.8. The second-order valence-electron chi connectivity index (χ2n) is 7.67. The van der Waals surface area contributed by atoms with E-state index in [0.717, 1.165) is 10.9 Å². The number of unbranched alkanes of at least 4 members (excludes halogenated alkanes) is 3. The van der Waals surface area contributed by atoms with Crippen molar-refractivity contribution in [2.24, 2.45) is 0 Å². The molecule has 0 unspecified atom stereocenters. The van der Waals surface area contributed by atoms with E-state index in [-0.39, 0.29) is 5.97 Å². The summed E-state index contributed by atoms with van der Waals surface area (Å²) in [6.45, 7) is 6.90. The molecule has 0 atom stereocenters. The fourth-order valence-electron chi connectivity index (χ4n) is 4.12. The zero-order valence-electron chi connectivity index (χ0n) is 17.5. The Morgan fingerprint density at radius 3 is 2.07 bits per heavy atom. The van der Waals surface area contributed by atoms with Gasteiger partial charge in [0.2, 0.25) is 0 Å². The number of methoxy groups -OCH3 is 1. The average Bonchev–Trinajstić information content (AvgIpc) is 2.72. The van der Waals surface area contributed by atoms with Gasteiger partial charge in [-0.05, 0) is 0 Å². The number of nitrogens with zero attached hydrogens (tertiary/aromatic N) is 1. The third-order valence-electron chi connectivity index (χ3n) is 5.79. The van der Waals surface area contributed by atoms with Crippen LogP contribution in [0.25, 0.3) is 10.9 Å². The maximum atomic E-state index is 12.3. The molecule has 4 heteroatoms. The Morgan fingerprint density at radius 2 is 1.56 bits per heavy atom. The Labute approximate surface area is 168 Å². The molecule has 0 N–H and O–H groups in total. The molecule has 0 bridgehead atoms. The van der Waals surface area contributed by atoms with Gasteiger partial charge in [-0.3, -0.25) is 0 Å². The number of aromatic nitrogens is 1. The van der Waals surface area contributed by atoms with Crippen LogP contribution in [0.15, 0.2) is 30.5 Å². The molecule has 2 rings (SSSR count). The number of hydrogen-bond donors (Lipinski definition) is 0. The van der Waals surface area contributed by atoms with Crippen LogP contribution in [0.1, 0.15) is 69.7 Å². The molecule has 3 nitrogen and oxygen atoms in total. The summed E-state index contributed by atoms with van der Waals surface area (Å²) in [5.41, 5.74) is 1.54. The fourth-order valence-corrected chi connectivity index (χ4v) is 20.1. The van der Waals surface area contributed by atoms with Crippen molar-refractivity contribution < 1.29 is 9.53 Å². The minimum atomic E-state index is -2.52. The van der Waals surface area contributed by atoms with E-state index >= 15 is 0 Å². The molecule has 0 radical (unpaired) electrons. The van der Waals surface area contributed by atoms with E-state index in [2.05, 4.69) is 44.0 Å². The second kappa shape index (κ2) is 11.0. The van der Waals surface area contributed by atoms with Crippen molar-refractivity contribution in [1.82, 2.24) is 4.98 Å². The van der Waals surface area contributed by atoms with E-state index in [1.54, 1.807) is 15.8 Å². The first kappa shape index (κ1) is 22.2. The molecule has 148 valence electrons. The zero-order chi connectivity index (χ0) is 19.7. The van der Waals surface area contributed by atoms with Gasteiger partial charge < -0.3 is 0 Å². The van der Waals surface area contributed by atoms with Crippen molar-refractivity contribution in [2.45, 2.75) is 72.6 Å². The summed E-state index contributed by atoms with van der Waals surface area (Å²) in [6.07, 6.45) is 9.49. The number of fused-ring (bicyclic) bond motifs is 1. The number of hydrogen-bond acceptors (Lipinski definition) is 3. The quantitative estimate of drug-likeness (QED) is 0.292. The fraction of sp³-hybridized carbons (Fsp3) is 0.565. The van der Waals surface area contributed by atoms with Gasteiger partial charge in [0.05, 0.1) is 0 Å². The van der Waals surface area contributed by atoms with Gasteiger partial charge in [0.25, 0.3) is 0 Å². The Morgan fingerprint density at radius 1 is 0.963 bits per heavy atom. The predicted molar refractivity (Wildman–Crippen MR) is 118 cm³/mol. The molecule has 1 aromatic heterocycles. The van der Waals surface area contributed by atoms with Gasteiger partial charge in [-0.25, -0.2) is 0 Å². The summed E-state index contributed by atoms with van der Waals surface area (Å²) in [6, 6.07) is 8.57. The van der Waals surface area contributed by atoms with Crippen LogP contribution in [0.5, 0.6) is 0 Å². The van der Waals surface area contributed by atoms with Gasteiger partial charge in [0.1, 0.15) is 0 Å². The van der Waals surface area contributed by atoms with Crippen LogP contribution in [0.3, 0.4) is 0 Å². The van der Waals surface area contributed by atoms with Crippen LogP contribution in [0, 0.1) is 0 Å². The van der Waals surface area contributed by atoms with Gasteiger partial charge in [-0.1, -0.05) is 0 Å². The number of pyridine rings is 1. The van der Waals surface area contributed by atoms with Crippen LogP contribution in [0.2, 0.25) is 13.3 Å². The molecule has 2 aromatic rings. The van der Waals surface area contributed by atoms with Crippen LogP contribution >= 0.6 is 0 Å². The number of rotatable bonds is 11. The summed E-state index contributed by atoms with van der Waals surface area (Å²) in [5.74, 6) is -0.268. The van der Waals surface area contributed by atoms with Gasteiger partial charge in [-0.2, -0.15) is 0 Å². The van der Waals surface area contributed by atoms with E-state index in [4.69, 9.17) is 4.74 Å². The molecular formula is C23H35NO2Sn. The maximum absolute atomic E-state index is 12.3. The molecule has 0 aliphatic carbocycles. The first-order valence-electron chi connectivity index (χ1n) is 10.6. The van der Waals surface area contributed by atoms with Crippen molar-refractivity contribution in [3.63, 3.8) is 0 Å². The Bertz CT molecular complexity index is 722. The molecule has 1 heterocycles. The normalized spacial score (nSPS) is 11.7. The summed E-state index contributed by atoms with van der Waals surface area (Å²) < 4.78 is 10.9. The third-order valence-corrected chi connectivity index (χ3v) is 21.4. The molecule has 0 spiro atoms. The van der Waals surface area contributed by atoms with Crippen LogP contribution in [-0.4, -0.2) is 36.4 Å². The van der Waals surface area contributed by atoms with E-state index < -0.39 is 18.4 Å². The van der Waals surface area contributed by atoms with E-state index in [9.17, 15) is 4.79 Å². The van der Waals surface area contributed by atoms with Gasteiger partial charge in [-0.15, -0.1) is 0 Å². The number of carbonyl (C=O) groups excluding carboxylic acids is 1. The summed E-state index contributed by atoms with van der Waals surface area (Å²) >= 11 is -2.52. The topological polar surface area (TPSA) is 39.2 Å². The Hall–Kier alpha value is -1.10. The zero-order valence-corrected chi connectivity index (χ0v) is 20.4. The van der Waals surface area contributed by atoms with Crippen LogP contribution in [0.4, 0.5) is 0 Å². The second-order valence-corrected chi connectivity index (χ2v) is 20.9. The van der Waals surface area contributed by atoms with Crippen molar-refractivity contribution in [1.29, 1.82) is 0 Å². The number of esters is 1. The third kappa shape index (κ3) is 5.46. The molecule has 0 amide bonds. The molecule has 1 aromatic carbocycles. The van der Waals surface area contributed by atoms with Crippen molar-refractivity contribution in [3.05, 3.63) is 36.0 Å². The standard InChI is InChI=1S/C11H8NO2.3C4H9.Sn/c1-14-11(13)9-6-7-12-10-5-3-2-4-8(9)10;3*1-3-4-2;/h3-7H,1H3;3*1,3-4H2,2H3;. The van der Waals surface area contributed by atoms with Crippen LogP contribution in [-0.2, 0) is 4.74 Å². The Balaban J connectivity index is 2.58. The van der Waals surface area contributed by atoms with Crippen molar-refractivity contribution in [2.75, 3.05) is 7.11 Å². The molecular weight excluding hydrogens is 441 g/mol. The van der Waals surface area contributed by atoms with Crippen molar-refractivity contribution >= 4 is 38.8 Å². The first-order chi connectivity index (χ1) is 13.1. The SMILES string of the molecule is CCC[CH2][Sn]([CH2]CCC)([CH2]CCC)[c]1ccc2nccc(C(=O)OC)c2c1. The van der Waals surface area contributed by atoms with E-state index in [1.165, 1.54) is 58.9 Å². The molecule has 0 saturated carbocycles. The molecule has 27 heavy (non-hydrogen) atoms. The molecule has 0 fully saturated rings. The van der Waals surface area contributed by atoms with E-state index in [0.29, 0.717) is 5.56 Å². The van der Waals surface area contributed by atoms with Crippen molar-refractivity contribution in [3.8, 4) is 0 Å². The molecule has 0 aliphatic heterocycles. The summed E-state index contributed by atoms with van der Waals surface area (Å²) in [7, 11) is 1.45. The number of carbonyl (C=O) groups is 1. The number of ether oxygens (including phenoxy) is 1. The van der Waals surface area contributed by atoms with Gasteiger partial charge in [0, 0.05) is 0 Å². The average molecular weight is 476 g/mol. The van der Waals surface area contributed by atoms with Gasteiger partial charge in [0.15, 0.2) is 0 Å². The first-order valence-corrected chi connectivity index (χ1v) is 18.1. The van der Waals surface area contributed by atoms with E-state index in [1.807, 2.05) is 0 Å². The minimum absolute atomic E-state index is 0.268. The summed E-state index contributed by atoms with van der Waals surface area (Å²) in [5, 5.41) is 0.965. The van der Waals surface area contributed by atoms with Crippen LogP contribution < -0.4 is 3.58 Å². The predicted octanol–water partition coefficient (Wildman–Crippen LogP) is 6.08. The molecule has 0 saturated heterocycles. The molecule has 0 aliphatic rings.